The van der Waals surface area contributed by atoms with Crippen LogP contribution in [0, 0.1) is 0 Å². The Labute approximate surface area is 84.9 Å². The van der Waals surface area contributed by atoms with Gasteiger partial charge in [0.25, 0.3) is 0 Å². The van der Waals surface area contributed by atoms with Crippen molar-refractivity contribution in [1.82, 2.24) is 15.1 Å². The largest absolute Gasteiger partial charge is 0.465 e. The molecule has 2 aromatic heterocycles. The van der Waals surface area contributed by atoms with Gasteiger partial charge in [-0.05, 0) is 12.1 Å². The number of esters is 1. The van der Waals surface area contributed by atoms with E-state index < -0.39 is 5.97 Å². The predicted octanol–water partition coefficient (Wildman–Crippen LogP) is 0.918. The van der Waals surface area contributed by atoms with Gasteiger partial charge in [0, 0.05) is 6.20 Å². The molecule has 2 heterocycles. The molecule has 0 aromatic carbocycles. The zero-order valence-electron chi connectivity index (χ0n) is 7.88. The maximum Gasteiger partial charge on any atom is 0.339 e. The number of ether oxygens (including phenoxy) is 1. The van der Waals surface area contributed by atoms with E-state index in [2.05, 4.69) is 24.4 Å². The van der Waals surface area contributed by atoms with Crippen LogP contribution in [-0.2, 0) is 4.74 Å². The summed E-state index contributed by atoms with van der Waals surface area (Å²) in [5.74, 6) is -0.0476. The van der Waals surface area contributed by atoms with E-state index in [9.17, 15) is 4.79 Å². The Morgan fingerprint density at radius 1 is 1.40 bits per heavy atom. The normalized spacial score (nSPS) is 9.93. The second-order valence-electron chi connectivity index (χ2n) is 2.68. The molecular formula is C9H7N3O3. The molecule has 0 fully saturated rings. The van der Waals surface area contributed by atoms with Gasteiger partial charge in [0.1, 0.15) is 5.69 Å². The lowest BCUT2D eigenvalue weighted by molar-refractivity contribution is 0.0600. The summed E-state index contributed by atoms with van der Waals surface area (Å²) in [5, 5.41) is 3.62. The summed E-state index contributed by atoms with van der Waals surface area (Å²) >= 11 is 0. The zero-order chi connectivity index (χ0) is 10.7. The lowest BCUT2D eigenvalue weighted by Gasteiger charge is -1.98. The molecule has 2 rings (SSSR count). The van der Waals surface area contributed by atoms with Crippen LogP contribution in [0.4, 0.5) is 0 Å². The molecule has 0 unspecified atom stereocenters. The highest BCUT2D eigenvalue weighted by molar-refractivity contribution is 5.89. The average Bonchev–Trinajstić information content (AvgIpc) is 2.82. The third kappa shape index (κ3) is 1.83. The fraction of sp³-hybridized carbons (Fsp3) is 0.111. The Balaban J connectivity index is 2.29. The molecule has 0 radical (unpaired) electrons. The van der Waals surface area contributed by atoms with Crippen molar-refractivity contribution in [1.29, 1.82) is 0 Å². The monoisotopic (exact) mass is 205 g/mol. The van der Waals surface area contributed by atoms with Crippen molar-refractivity contribution in [2.45, 2.75) is 0 Å². The first kappa shape index (κ1) is 9.32. The fourth-order valence-electron chi connectivity index (χ4n) is 1.05. The first-order valence-electron chi connectivity index (χ1n) is 4.12. The van der Waals surface area contributed by atoms with Crippen molar-refractivity contribution < 1.29 is 14.1 Å². The quantitative estimate of drug-likeness (QED) is 0.678. The first-order chi connectivity index (χ1) is 7.31. The Bertz CT molecular complexity index is 450. The molecule has 0 N–H and O–H groups in total. The van der Waals surface area contributed by atoms with Crippen LogP contribution in [0.2, 0.25) is 0 Å². The van der Waals surface area contributed by atoms with Crippen LogP contribution in [0.3, 0.4) is 0 Å². The van der Waals surface area contributed by atoms with E-state index in [1.54, 1.807) is 12.1 Å². The summed E-state index contributed by atoms with van der Waals surface area (Å²) in [6.07, 6.45) is 2.61. The second kappa shape index (κ2) is 3.87. The standard InChI is InChI=1S/C9H7N3O3/c1-14-9(13)6-2-3-7(10-4-6)8-11-5-15-12-8/h2-5H,1H3. The van der Waals surface area contributed by atoms with Gasteiger partial charge in [-0.1, -0.05) is 5.16 Å². The predicted molar refractivity (Wildman–Crippen MR) is 48.9 cm³/mol. The maximum absolute atomic E-state index is 11.1. The minimum absolute atomic E-state index is 0.379. The summed E-state index contributed by atoms with van der Waals surface area (Å²) in [5.41, 5.74) is 0.918. The number of pyridine rings is 1. The third-order valence-corrected chi connectivity index (χ3v) is 1.77. The molecule has 0 aliphatic carbocycles. The van der Waals surface area contributed by atoms with Crippen molar-refractivity contribution in [3.05, 3.63) is 30.3 Å². The molecule has 0 bridgehead atoms. The molecule has 6 nitrogen and oxygen atoms in total. The van der Waals surface area contributed by atoms with Gasteiger partial charge in [-0.2, -0.15) is 4.98 Å². The Morgan fingerprint density at radius 3 is 2.80 bits per heavy atom. The van der Waals surface area contributed by atoms with E-state index in [1.165, 1.54) is 19.7 Å². The molecule has 0 aliphatic rings. The summed E-state index contributed by atoms with van der Waals surface area (Å²) in [4.78, 5) is 18.9. The topological polar surface area (TPSA) is 78.1 Å². The van der Waals surface area contributed by atoms with Crippen LogP contribution in [0.1, 0.15) is 10.4 Å². The number of carbonyl (C=O) groups excluding carboxylic acids is 1. The van der Waals surface area contributed by atoms with Crippen molar-refractivity contribution >= 4 is 5.97 Å². The lowest BCUT2D eigenvalue weighted by atomic mass is 10.2. The SMILES string of the molecule is COC(=O)c1ccc(-c2ncon2)nc1. The fourth-order valence-corrected chi connectivity index (χ4v) is 1.05. The van der Waals surface area contributed by atoms with E-state index in [0.717, 1.165) is 0 Å². The second-order valence-corrected chi connectivity index (χ2v) is 2.68. The minimum atomic E-state index is -0.429. The molecule has 15 heavy (non-hydrogen) atoms. The van der Waals surface area contributed by atoms with Crippen molar-refractivity contribution in [2.75, 3.05) is 7.11 Å². The highest BCUT2D eigenvalue weighted by Gasteiger charge is 2.08. The Kier molecular flexibility index (Phi) is 2.40. The number of hydrogen-bond donors (Lipinski definition) is 0. The van der Waals surface area contributed by atoms with Crippen LogP contribution in [0.15, 0.2) is 29.2 Å². The van der Waals surface area contributed by atoms with Crippen LogP contribution in [0.5, 0.6) is 0 Å². The third-order valence-electron chi connectivity index (χ3n) is 1.77. The summed E-state index contributed by atoms with van der Waals surface area (Å²) in [6.45, 7) is 0. The molecule has 0 aliphatic heterocycles. The number of carbonyl (C=O) groups is 1. The van der Waals surface area contributed by atoms with Gasteiger partial charge in [0.05, 0.1) is 12.7 Å². The first-order valence-corrected chi connectivity index (χ1v) is 4.12. The minimum Gasteiger partial charge on any atom is -0.465 e. The number of aromatic nitrogens is 3. The van der Waals surface area contributed by atoms with Crippen LogP contribution >= 0.6 is 0 Å². The molecule has 6 heteroatoms. The van der Waals surface area contributed by atoms with Gasteiger partial charge in [-0.15, -0.1) is 0 Å². The molecular weight excluding hydrogens is 198 g/mol. The van der Waals surface area contributed by atoms with E-state index in [1.807, 2.05) is 0 Å². The molecule has 0 saturated carbocycles. The zero-order valence-corrected chi connectivity index (χ0v) is 7.88. The van der Waals surface area contributed by atoms with Crippen molar-refractivity contribution in [2.24, 2.45) is 0 Å². The highest BCUT2D eigenvalue weighted by Crippen LogP contribution is 2.11. The van der Waals surface area contributed by atoms with Gasteiger partial charge >= 0.3 is 5.97 Å². The molecule has 76 valence electrons. The highest BCUT2D eigenvalue weighted by atomic mass is 16.5. The molecule has 0 atom stereocenters. The number of nitrogens with zero attached hydrogens (tertiary/aromatic N) is 3. The number of rotatable bonds is 2. The number of hydrogen-bond acceptors (Lipinski definition) is 6. The van der Waals surface area contributed by atoms with E-state index in [4.69, 9.17) is 0 Å². The molecule has 0 saturated heterocycles. The lowest BCUT2D eigenvalue weighted by Crippen LogP contribution is -2.01. The maximum atomic E-state index is 11.1. The van der Waals surface area contributed by atoms with E-state index in [-0.39, 0.29) is 0 Å². The number of methoxy groups -OCH3 is 1. The van der Waals surface area contributed by atoms with Gasteiger partial charge in [0.2, 0.25) is 12.2 Å². The Hall–Kier alpha value is -2.24. The van der Waals surface area contributed by atoms with Crippen LogP contribution in [0.25, 0.3) is 11.5 Å². The van der Waals surface area contributed by atoms with Crippen LogP contribution in [-0.4, -0.2) is 28.2 Å². The summed E-state index contributed by atoms with van der Waals surface area (Å²) in [6, 6.07) is 3.21. The Morgan fingerprint density at radius 2 is 2.27 bits per heavy atom. The van der Waals surface area contributed by atoms with Gasteiger partial charge < -0.3 is 9.26 Å². The molecule has 0 amide bonds. The van der Waals surface area contributed by atoms with Crippen molar-refractivity contribution in [3.8, 4) is 11.5 Å². The van der Waals surface area contributed by atoms with Gasteiger partial charge in [-0.3, -0.25) is 4.98 Å². The average molecular weight is 205 g/mol. The summed E-state index contributed by atoms with van der Waals surface area (Å²) in [7, 11) is 1.31. The van der Waals surface area contributed by atoms with E-state index in [0.29, 0.717) is 17.1 Å². The summed E-state index contributed by atoms with van der Waals surface area (Å²) < 4.78 is 9.11. The van der Waals surface area contributed by atoms with E-state index >= 15 is 0 Å². The van der Waals surface area contributed by atoms with Gasteiger partial charge in [-0.25, -0.2) is 4.79 Å². The van der Waals surface area contributed by atoms with Crippen molar-refractivity contribution in [3.63, 3.8) is 0 Å². The van der Waals surface area contributed by atoms with Crippen LogP contribution < -0.4 is 0 Å². The van der Waals surface area contributed by atoms with Gasteiger partial charge in [0.15, 0.2) is 0 Å². The molecule has 0 spiro atoms. The smallest absolute Gasteiger partial charge is 0.339 e. The molecule has 2 aromatic rings.